The van der Waals surface area contributed by atoms with Crippen molar-refractivity contribution in [1.29, 1.82) is 0 Å². The molecule has 0 spiro atoms. The Kier molecular flexibility index (Phi) is 4.00. The number of halogens is 3. The fourth-order valence-corrected chi connectivity index (χ4v) is 2.31. The fraction of sp³-hybridized carbons (Fsp3) is 0.0667. The maximum Gasteiger partial charge on any atom is 0.341 e. The van der Waals surface area contributed by atoms with Gasteiger partial charge in [-0.1, -0.05) is 41.4 Å². The lowest BCUT2D eigenvalue weighted by Gasteiger charge is -2.05. The molecule has 0 amide bonds. The van der Waals surface area contributed by atoms with Crippen LogP contribution < -0.4 is 0 Å². The molecule has 1 aromatic carbocycles. The second kappa shape index (κ2) is 5.94. The van der Waals surface area contributed by atoms with Gasteiger partial charge < -0.3 is 9.15 Å². The number of fused-ring (bicyclic) bond motifs is 1. The molecule has 0 unspecified atom stereocenters. The highest BCUT2D eigenvalue weighted by molar-refractivity contribution is 6.34. The number of benzene rings is 1. The molecule has 0 fully saturated rings. The smallest absolute Gasteiger partial charge is 0.341 e. The van der Waals surface area contributed by atoms with Gasteiger partial charge in [-0.2, -0.15) is 0 Å². The van der Waals surface area contributed by atoms with E-state index in [2.05, 4.69) is 4.98 Å². The van der Waals surface area contributed by atoms with Crippen LogP contribution in [0.2, 0.25) is 10.3 Å². The highest BCUT2D eigenvalue weighted by Crippen LogP contribution is 2.23. The van der Waals surface area contributed by atoms with E-state index in [4.69, 9.17) is 32.4 Å². The maximum atomic E-state index is 13.3. The van der Waals surface area contributed by atoms with Crippen molar-refractivity contribution >= 4 is 40.1 Å². The number of carbonyl (C=O) groups excluding carboxylic acids is 1. The van der Waals surface area contributed by atoms with Crippen LogP contribution in [-0.4, -0.2) is 11.0 Å². The van der Waals surface area contributed by atoms with Crippen molar-refractivity contribution in [3.8, 4) is 0 Å². The molecule has 3 rings (SSSR count). The minimum Gasteiger partial charge on any atom is -0.457 e. The van der Waals surface area contributed by atoms with Crippen molar-refractivity contribution in [2.75, 3.05) is 0 Å². The molecular weight excluding hydrogens is 332 g/mol. The number of hydrogen-bond donors (Lipinski definition) is 0. The van der Waals surface area contributed by atoms with Gasteiger partial charge in [-0.05, 0) is 18.2 Å². The van der Waals surface area contributed by atoms with Gasteiger partial charge in [0.1, 0.15) is 23.1 Å². The van der Waals surface area contributed by atoms with Crippen LogP contribution in [-0.2, 0) is 11.3 Å². The van der Waals surface area contributed by atoms with E-state index in [1.54, 1.807) is 12.1 Å². The Labute approximate surface area is 134 Å². The number of aromatic nitrogens is 1. The van der Waals surface area contributed by atoms with Crippen LogP contribution >= 0.6 is 23.2 Å². The highest BCUT2D eigenvalue weighted by Gasteiger charge is 2.17. The van der Waals surface area contributed by atoms with E-state index in [0.29, 0.717) is 11.3 Å². The lowest BCUT2D eigenvalue weighted by molar-refractivity contribution is 0.0446. The topological polar surface area (TPSA) is 52.3 Å². The third kappa shape index (κ3) is 2.91. The molecule has 22 heavy (non-hydrogen) atoms. The number of furan rings is 1. The highest BCUT2D eigenvalue weighted by atomic mass is 35.5. The Hall–Kier alpha value is -2.11. The van der Waals surface area contributed by atoms with Gasteiger partial charge in [-0.3, -0.25) is 0 Å². The number of pyridine rings is 1. The molecule has 0 aliphatic heterocycles. The Bertz CT molecular complexity index is 830. The van der Waals surface area contributed by atoms with Crippen molar-refractivity contribution in [2.45, 2.75) is 6.61 Å². The molecule has 3 aromatic rings. The van der Waals surface area contributed by atoms with Crippen LogP contribution in [0.15, 0.2) is 40.8 Å². The van der Waals surface area contributed by atoms with E-state index >= 15 is 0 Å². The van der Waals surface area contributed by atoms with E-state index in [-0.39, 0.29) is 17.3 Å². The van der Waals surface area contributed by atoms with E-state index in [0.717, 1.165) is 11.5 Å². The van der Waals surface area contributed by atoms with Crippen molar-refractivity contribution < 1.29 is 18.3 Å². The van der Waals surface area contributed by atoms with Crippen LogP contribution in [0.1, 0.15) is 16.1 Å². The van der Waals surface area contributed by atoms with E-state index in [1.165, 1.54) is 0 Å². The molecular formula is C15H8Cl2FNO3. The molecule has 112 valence electrons. The van der Waals surface area contributed by atoms with E-state index in [1.807, 2.05) is 18.2 Å². The van der Waals surface area contributed by atoms with Crippen LogP contribution in [0.3, 0.4) is 0 Å². The molecule has 0 aliphatic carbocycles. The van der Waals surface area contributed by atoms with Crippen LogP contribution in [0, 0.1) is 5.82 Å². The molecule has 4 nitrogen and oxygen atoms in total. The summed E-state index contributed by atoms with van der Waals surface area (Å²) in [5.41, 5.74) is 0.491. The zero-order valence-electron chi connectivity index (χ0n) is 11.0. The summed E-state index contributed by atoms with van der Waals surface area (Å²) in [6.45, 7) is -0.103. The quantitative estimate of drug-likeness (QED) is 0.515. The van der Waals surface area contributed by atoms with Gasteiger partial charge in [0.05, 0.1) is 5.56 Å². The minimum absolute atomic E-state index is 0.103. The van der Waals surface area contributed by atoms with Crippen molar-refractivity contribution in [3.05, 3.63) is 63.8 Å². The van der Waals surface area contributed by atoms with Gasteiger partial charge in [0.2, 0.25) is 0 Å². The Morgan fingerprint density at radius 1 is 1.23 bits per heavy atom. The predicted molar refractivity (Wildman–Crippen MR) is 79.5 cm³/mol. The van der Waals surface area contributed by atoms with Gasteiger partial charge in [0.15, 0.2) is 11.0 Å². The van der Waals surface area contributed by atoms with E-state index in [9.17, 15) is 9.18 Å². The third-order valence-corrected chi connectivity index (χ3v) is 3.48. The lowest BCUT2D eigenvalue weighted by atomic mass is 10.2. The van der Waals surface area contributed by atoms with Crippen molar-refractivity contribution in [1.82, 2.24) is 4.98 Å². The van der Waals surface area contributed by atoms with Crippen molar-refractivity contribution in [2.24, 2.45) is 0 Å². The molecule has 0 atom stereocenters. The maximum absolute atomic E-state index is 13.3. The number of rotatable bonds is 3. The largest absolute Gasteiger partial charge is 0.457 e. The zero-order chi connectivity index (χ0) is 15.7. The zero-order valence-corrected chi connectivity index (χ0v) is 12.5. The van der Waals surface area contributed by atoms with Gasteiger partial charge in [-0.15, -0.1) is 0 Å². The lowest BCUT2D eigenvalue weighted by Crippen LogP contribution is -2.07. The summed E-state index contributed by atoms with van der Waals surface area (Å²) < 4.78 is 23.9. The van der Waals surface area contributed by atoms with Crippen molar-refractivity contribution in [3.63, 3.8) is 0 Å². The molecule has 0 aliphatic rings. The fourth-order valence-electron chi connectivity index (χ4n) is 1.91. The van der Waals surface area contributed by atoms with Crippen LogP contribution in [0.4, 0.5) is 4.39 Å². The Morgan fingerprint density at radius 3 is 2.77 bits per heavy atom. The summed E-state index contributed by atoms with van der Waals surface area (Å²) in [5.74, 6) is -1.19. The average Bonchev–Trinajstić information content (AvgIpc) is 2.91. The average molecular weight is 340 g/mol. The molecule has 2 aromatic heterocycles. The molecule has 7 heteroatoms. The summed E-state index contributed by atoms with van der Waals surface area (Å²) in [5, 5.41) is 0.269. The van der Waals surface area contributed by atoms with Gasteiger partial charge in [0, 0.05) is 5.39 Å². The number of hydrogen-bond acceptors (Lipinski definition) is 4. The Morgan fingerprint density at radius 2 is 2.00 bits per heavy atom. The first kappa shape index (κ1) is 14.8. The molecule has 2 heterocycles. The SMILES string of the molecule is O=C(OCc1cc2ccccc2o1)c1cc(F)c(Cl)nc1Cl. The number of carbonyl (C=O) groups is 1. The standard InChI is InChI=1S/C15H8Cl2FNO3/c16-13-10(6-11(18)14(17)19-13)15(20)21-7-9-5-8-3-1-2-4-12(8)22-9/h1-6H,7H2. The number of para-hydroxylation sites is 1. The summed E-state index contributed by atoms with van der Waals surface area (Å²) in [4.78, 5) is 15.4. The summed E-state index contributed by atoms with van der Waals surface area (Å²) in [6, 6.07) is 10.0. The summed E-state index contributed by atoms with van der Waals surface area (Å²) in [6.07, 6.45) is 0. The minimum atomic E-state index is -0.846. The van der Waals surface area contributed by atoms with Crippen LogP contribution in [0.25, 0.3) is 11.0 Å². The second-order valence-corrected chi connectivity index (χ2v) is 5.14. The second-order valence-electron chi connectivity index (χ2n) is 4.43. The van der Waals surface area contributed by atoms with Gasteiger partial charge in [-0.25, -0.2) is 14.2 Å². The molecule has 0 N–H and O–H groups in total. The molecule has 0 radical (unpaired) electrons. The van der Waals surface area contributed by atoms with E-state index < -0.39 is 16.9 Å². The number of nitrogens with zero attached hydrogens (tertiary/aromatic N) is 1. The molecule has 0 saturated heterocycles. The van der Waals surface area contributed by atoms with Crippen LogP contribution in [0.5, 0.6) is 0 Å². The summed E-state index contributed by atoms with van der Waals surface area (Å²) in [7, 11) is 0. The first-order valence-corrected chi connectivity index (χ1v) is 6.96. The first-order valence-electron chi connectivity index (χ1n) is 6.20. The molecule has 0 saturated carbocycles. The number of esters is 1. The summed E-state index contributed by atoms with van der Waals surface area (Å²) >= 11 is 11.2. The monoisotopic (exact) mass is 339 g/mol. The van der Waals surface area contributed by atoms with Gasteiger partial charge >= 0.3 is 5.97 Å². The third-order valence-electron chi connectivity index (χ3n) is 2.93. The predicted octanol–water partition coefficient (Wildman–Crippen LogP) is 4.63. The number of ether oxygens (including phenoxy) is 1. The Balaban J connectivity index is 1.76. The normalized spacial score (nSPS) is 10.9. The molecule has 0 bridgehead atoms. The van der Waals surface area contributed by atoms with Gasteiger partial charge in [0.25, 0.3) is 0 Å². The first-order chi connectivity index (χ1) is 10.5.